The largest absolute Gasteiger partial charge is 0.494 e. The van der Waals surface area contributed by atoms with Crippen molar-refractivity contribution in [3.05, 3.63) is 24.3 Å². The van der Waals surface area contributed by atoms with E-state index in [9.17, 15) is 4.79 Å². The maximum atomic E-state index is 12.1. The van der Waals surface area contributed by atoms with Gasteiger partial charge in [-0.1, -0.05) is 26.2 Å². The van der Waals surface area contributed by atoms with Crippen molar-refractivity contribution in [1.29, 1.82) is 0 Å². The van der Waals surface area contributed by atoms with E-state index in [1.807, 2.05) is 24.3 Å². The number of carbonyl (C=O) groups is 1. The van der Waals surface area contributed by atoms with E-state index in [2.05, 4.69) is 6.92 Å². The molecule has 1 aromatic rings. The molecule has 0 amide bonds. The predicted octanol–water partition coefficient (Wildman–Crippen LogP) is 4.15. The van der Waals surface area contributed by atoms with E-state index in [0.29, 0.717) is 12.2 Å². The number of rotatable bonds is 5. The van der Waals surface area contributed by atoms with E-state index >= 15 is 0 Å². The number of hydrogen-bond acceptors (Lipinski definition) is 3. The van der Waals surface area contributed by atoms with Crippen molar-refractivity contribution in [1.82, 2.24) is 0 Å². The van der Waals surface area contributed by atoms with Crippen molar-refractivity contribution in [3.8, 4) is 11.5 Å². The topological polar surface area (TPSA) is 35.5 Å². The van der Waals surface area contributed by atoms with Gasteiger partial charge in [0, 0.05) is 6.42 Å². The zero-order valence-corrected chi connectivity index (χ0v) is 12.8. The second-order valence-corrected chi connectivity index (χ2v) is 6.27. The number of hydrogen-bond donors (Lipinski definition) is 0. The Labute approximate surface area is 126 Å². The Bertz CT molecular complexity index is 486. The first kappa shape index (κ1) is 14.4. The first-order valence-corrected chi connectivity index (χ1v) is 8.17. The quantitative estimate of drug-likeness (QED) is 0.816. The van der Waals surface area contributed by atoms with Crippen LogP contribution in [0.3, 0.4) is 0 Å². The van der Waals surface area contributed by atoms with Gasteiger partial charge in [-0.05, 0) is 43.5 Å². The van der Waals surface area contributed by atoms with Crippen LogP contribution in [0.25, 0.3) is 0 Å². The van der Waals surface area contributed by atoms with Crippen LogP contribution in [-0.4, -0.2) is 18.5 Å². The molecule has 0 radical (unpaired) electrons. The second kappa shape index (κ2) is 6.08. The maximum Gasteiger partial charge on any atom is 0.146 e. The van der Waals surface area contributed by atoms with E-state index in [1.54, 1.807) is 0 Å². The smallest absolute Gasteiger partial charge is 0.146 e. The molecule has 1 aromatic carbocycles. The summed E-state index contributed by atoms with van der Waals surface area (Å²) in [7, 11) is 0. The van der Waals surface area contributed by atoms with Crippen LogP contribution in [0.1, 0.15) is 51.9 Å². The molecule has 0 bridgehead atoms. The number of benzene rings is 1. The fourth-order valence-electron chi connectivity index (χ4n) is 3.55. The van der Waals surface area contributed by atoms with Crippen LogP contribution in [0, 0.1) is 5.41 Å². The Kier molecular flexibility index (Phi) is 4.18. The molecule has 0 aromatic heterocycles. The molecule has 1 atom stereocenters. The average molecular weight is 288 g/mol. The molecule has 0 N–H and O–H groups in total. The summed E-state index contributed by atoms with van der Waals surface area (Å²) < 4.78 is 11.7. The number of ether oxygens (including phenoxy) is 2. The van der Waals surface area contributed by atoms with Gasteiger partial charge in [-0.2, -0.15) is 0 Å². The standard InChI is InChI=1S/C18H24O3/c1-2-12-20-14-6-8-15(9-7-14)21-17-13-16(19)18(17)10-4-3-5-11-18/h6-9,17H,2-5,10-13H2,1H3. The molecule has 1 spiro atoms. The average Bonchev–Trinajstić information content (AvgIpc) is 2.54. The number of ketones is 1. The van der Waals surface area contributed by atoms with Crippen LogP contribution in [0.2, 0.25) is 0 Å². The summed E-state index contributed by atoms with van der Waals surface area (Å²) in [6.07, 6.45) is 7.25. The van der Waals surface area contributed by atoms with Gasteiger partial charge >= 0.3 is 0 Å². The highest BCUT2D eigenvalue weighted by Crippen LogP contribution is 2.50. The molecule has 114 valence electrons. The van der Waals surface area contributed by atoms with Gasteiger partial charge in [-0.15, -0.1) is 0 Å². The Morgan fingerprint density at radius 3 is 2.38 bits per heavy atom. The Morgan fingerprint density at radius 2 is 1.76 bits per heavy atom. The van der Waals surface area contributed by atoms with E-state index < -0.39 is 0 Å². The zero-order chi connectivity index (χ0) is 14.7. The summed E-state index contributed by atoms with van der Waals surface area (Å²) in [5, 5.41) is 0. The molecule has 2 saturated carbocycles. The summed E-state index contributed by atoms with van der Waals surface area (Å²) in [4.78, 5) is 12.1. The number of carbonyl (C=O) groups excluding carboxylic acids is 1. The molecule has 0 heterocycles. The van der Waals surface area contributed by atoms with Crippen molar-refractivity contribution < 1.29 is 14.3 Å². The van der Waals surface area contributed by atoms with Gasteiger partial charge in [0.05, 0.1) is 12.0 Å². The normalized spacial score (nSPS) is 23.7. The first-order valence-electron chi connectivity index (χ1n) is 8.17. The van der Waals surface area contributed by atoms with Crippen LogP contribution in [0.4, 0.5) is 0 Å². The van der Waals surface area contributed by atoms with Crippen molar-refractivity contribution in [2.24, 2.45) is 5.41 Å². The van der Waals surface area contributed by atoms with Gasteiger partial charge in [-0.3, -0.25) is 4.79 Å². The summed E-state index contributed by atoms with van der Waals surface area (Å²) in [6.45, 7) is 2.83. The van der Waals surface area contributed by atoms with Gasteiger partial charge < -0.3 is 9.47 Å². The minimum absolute atomic E-state index is 0.0766. The highest BCUT2D eigenvalue weighted by Gasteiger charge is 2.56. The number of Topliss-reactive ketones (excluding diaryl/α,β-unsaturated/α-hetero) is 1. The minimum atomic E-state index is -0.171. The fraction of sp³-hybridized carbons (Fsp3) is 0.611. The van der Waals surface area contributed by atoms with Crippen LogP contribution < -0.4 is 9.47 Å². The van der Waals surface area contributed by atoms with E-state index in [0.717, 1.165) is 50.2 Å². The van der Waals surface area contributed by atoms with Crippen molar-refractivity contribution in [2.75, 3.05) is 6.61 Å². The van der Waals surface area contributed by atoms with E-state index in [4.69, 9.17) is 9.47 Å². The zero-order valence-electron chi connectivity index (χ0n) is 12.8. The molecular weight excluding hydrogens is 264 g/mol. The summed E-state index contributed by atoms with van der Waals surface area (Å²) >= 11 is 0. The molecule has 1 unspecified atom stereocenters. The van der Waals surface area contributed by atoms with Gasteiger partial charge in [0.25, 0.3) is 0 Å². The third kappa shape index (κ3) is 2.78. The van der Waals surface area contributed by atoms with Crippen LogP contribution in [0.5, 0.6) is 11.5 Å². The maximum absolute atomic E-state index is 12.1. The lowest BCUT2D eigenvalue weighted by Gasteiger charge is -2.49. The van der Waals surface area contributed by atoms with Gasteiger partial charge in [0.15, 0.2) is 0 Å². The van der Waals surface area contributed by atoms with Crippen LogP contribution in [0.15, 0.2) is 24.3 Å². The van der Waals surface area contributed by atoms with E-state index in [-0.39, 0.29) is 11.5 Å². The Hall–Kier alpha value is -1.51. The molecule has 3 rings (SSSR count). The van der Waals surface area contributed by atoms with E-state index in [1.165, 1.54) is 6.42 Å². The molecule has 3 nitrogen and oxygen atoms in total. The first-order chi connectivity index (χ1) is 10.2. The molecular formula is C18H24O3. The molecule has 2 aliphatic carbocycles. The summed E-state index contributed by atoms with van der Waals surface area (Å²) in [5.74, 6) is 2.14. The van der Waals surface area contributed by atoms with Gasteiger partial charge in [0.1, 0.15) is 23.4 Å². The van der Waals surface area contributed by atoms with Crippen molar-refractivity contribution in [2.45, 2.75) is 58.0 Å². The highest BCUT2D eigenvalue weighted by atomic mass is 16.5. The summed E-state index contributed by atoms with van der Waals surface area (Å²) in [6, 6.07) is 7.78. The van der Waals surface area contributed by atoms with Crippen LogP contribution in [-0.2, 0) is 4.79 Å². The lowest BCUT2D eigenvalue weighted by molar-refractivity contribution is -0.156. The van der Waals surface area contributed by atoms with Crippen molar-refractivity contribution in [3.63, 3.8) is 0 Å². The highest BCUT2D eigenvalue weighted by molar-refractivity contribution is 5.92. The van der Waals surface area contributed by atoms with Gasteiger partial charge in [0.2, 0.25) is 0 Å². The lowest BCUT2D eigenvalue weighted by atomic mass is 9.57. The Morgan fingerprint density at radius 1 is 1.10 bits per heavy atom. The SMILES string of the molecule is CCCOc1ccc(OC2CC(=O)C23CCCCC3)cc1. The molecule has 21 heavy (non-hydrogen) atoms. The third-order valence-electron chi connectivity index (χ3n) is 4.86. The molecule has 0 aliphatic heterocycles. The van der Waals surface area contributed by atoms with Gasteiger partial charge in [-0.25, -0.2) is 0 Å². The third-order valence-corrected chi connectivity index (χ3v) is 4.86. The summed E-state index contributed by atoms with van der Waals surface area (Å²) in [5.41, 5.74) is -0.171. The van der Waals surface area contributed by atoms with Crippen molar-refractivity contribution >= 4 is 5.78 Å². The molecule has 3 heteroatoms. The fourth-order valence-corrected chi connectivity index (χ4v) is 3.55. The molecule has 2 fully saturated rings. The van der Waals surface area contributed by atoms with Crippen LogP contribution >= 0.6 is 0 Å². The Balaban J connectivity index is 1.62. The minimum Gasteiger partial charge on any atom is -0.494 e. The second-order valence-electron chi connectivity index (χ2n) is 6.27. The molecule has 2 aliphatic rings. The predicted molar refractivity (Wildman–Crippen MR) is 81.8 cm³/mol. The lowest BCUT2D eigenvalue weighted by Crippen LogP contribution is -2.57. The molecule has 0 saturated heterocycles. The monoisotopic (exact) mass is 288 g/mol.